The molecule has 0 aromatic heterocycles. The van der Waals surface area contributed by atoms with E-state index >= 15 is 0 Å². The third-order valence-corrected chi connectivity index (χ3v) is 4.56. The Kier molecular flexibility index (Phi) is 4.60. The summed E-state index contributed by atoms with van der Waals surface area (Å²) in [6, 6.07) is 6.05. The van der Waals surface area contributed by atoms with Crippen LogP contribution < -0.4 is 0 Å². The van der Waals surface area contributed by atoms with E-state index < -0.39 is 0 Å². The summed E-state index contributed by atoms with van der Waals surface area (Å²) in [6.07, 6.45) is 2.61. The summed E-state index contributed by atoms with van der Waals surface area (Å²) < 4.78 is 6.38. The SMILES string of the molecule is Cc1cccc(C(O)CC2CCOCC2)c1Br. The third kappa shape index (κ3) is 3.30. The van der Waals surface area contributed by atoms with Gasteiger partial charge in [0, 0.05) is 17.7 Å². The van der Waals surface area contributed by atoms with Crippen LogP contribution in [0.15, 0.2) is 22.7 Å². The van der Waals surface area contributed by atoms with Crippen LogP contribution in [0.5, 0.6) is 0 Å². The molecule has 1 aliphatic heterocycles. The minimum atomic E-state index is -0.368. The molecule has 1 saturated heterocycles. The number of hydrogen-bond donors (Lipinski definition) is 1. The zero-order chi connectivity index (χ0) is 12.3. The van der Waals surface area contributed by atoms with Crippen molar-refractivity contribution in [1.82, 2.24) is 0 Å². The molecule has 0 saturated carbocycles. The van der Waals surface area contributed by atoms with Gasteiger partial charge in [0.1, 0.15) is 0 Å². The third-order valence-electron chi connectivity index (χ3n) is 3.48. The molecule has 0 amide bonds. The topological polar surface area (TPSA) is 29.5 Å². The Balaban J connectivity index is 2.03. The molecule has 1 aliphatic rings. The zero-order valence-corrected chi connectivity index (χ0v) is 11.7. The molecular weight excluding hydrogens is 280 g/mol. The van der Waals surface area contributed by atoms with Gasteiger partial charge in [0.25, 0.3) is 0 Å². The predicted octanol–water partition coefficient (Wildman–Crippen LogP) is 3.61. The molecule has 1 unspecified atom stereocenters. The van der Waals surface area contributed by atoms with Crippen LogP contribution in [0.2, 0.25) is 0 Å². The van der Waals surface area contributed by atoms with Crippen LogP contribution in [0.4, 0.5) is 0 Å². The molecule has 1 aromatic carbocycles. The summed E-state index contributed by atoms with van der Waals surface area (Å²) in [4.78, 5) is 0. The molecule has 3 heteroatoms. The summed E-state index contributed by atoms with van der Waals surface area (Å²) in [5, 5.41) is 10.3. The lowest BCUT2D eigenvalue weighted by atomic mass is 9.90. The van der Waals surface area contributed by atoms with E-state index in [0.717, 1.165) is 42.5 Å². The first kappa shape index (κ1) is 13.1. The predicted molar refractivity (Wildman–Crippen MR) is 72.0 cm³/mol. The molecule has 2 nitrogen and oxygen atoms in total. The Morgan fingerprint density at radius 2 is 2.12 bits per heavy atom. The van der Waals surface area contributed by atoms with Gasteiger partial charge in [0.15, 0.2) is 0 Å². The Bertz CT molecular complexity index is 372. The molecule has 0 aliphatic carbocycles. The zero-order valence-electron chi connectivity index (χ0n) is 10.2. The van der Waals surface area contributed by atoms with E-state index in [1.807, 2.05) is 12.1 Å². The minimum Gasteiger partial charge on any atom is -0.388 e. The number of benzene rings is 1. The standard InChI is InChI=1S/C14H19BrO2/c1-10-3-2-4-12(14(10)15)13(16)9-11-5-7-17-8-6-11/h2-4,11,13,16H,5-9H2,1H3. The quantitative estimate of drug-likeness (QED) is 0.924. The number of halogens is 1. The van der Waals surface area contributed by atoms with Gasteiger partial charge < -0.3 is 9.84 Å². The summed E-state index contributed by atoms with van der Waals surface area (Å²) in [6.45, 7) is 3.73. The first-order valence-electron chi connectivity index (χ1n) is 6.19. The second kappa shape index (κ2) is 5.98. The van der Waals surface area contributed by atoms with Crippen molar-refractivity contribution in [2.24, 2.45) is 5.92 Å². The first-order chi connectivity index (χ1) is 8.18. The van der Waals surface area contributed by atoms with Crippen LogP contribution in [0.25, 0.3) is 0 Å². The van der Waals surface area contributed by atoms with Crippen molar-refractivity contribution in [3.05, 3.63) is 33.8 Å². The van der Waals surface area contributed by atoms with Crippen LogP contribution in [0.1, 0.15) is 36.5 Å². The fourth-order valence-corrected chi connectivity index (χ4v) is 2.88. The van der Waals surface area contributed by atoms with Gasteiger partial charge >= 0.3 is 0 Å². The summed E-state index contributed by atoms with van der Waals surface area (Å²) in [5.74, 6) is 0.589. The van der Waals surface area contributed by atoms with Crippen LogP contribution in [0.3, 0.4) is 0 Å². The Labute approximate surface area is 111 Å². The molecule has 0 spiro atoms. The average molecular weight is 299 g/mol. The van der Waals surface area contributed by atoms with Crippen molar-refractivity contribution in [3.63, 3.8) is 0 Å². The molecule has 0 radical (unpaired) electrons. The van der Waals surface area contributed by atoms with Gasteiger partial charge in [-0.05, 0) is 43.2 Å². The van der Waals surface area contributed by atoms with Gasteiger partial charge in [0.05, 0.1) is 6.10 Å². The minimum absolute atomic E-state index is 0.368. The van der Waals surface area contributed by atoms with Crippen LogP contribution in [0, 0.1) is 12.8 Å². The monoisotopic (exact) mass is 298 g/mol. The maximum atomic E-state index is 10.3. The lowest BCUT2D eigenvalue weighted by Crippen LogP contribution is -2.18. The molecule has 2 rings (SSSR count). The average Bonchev–Trinajstić information content (AvgIpc) is 2.34. The largest absolute Gasteiger partial charge is 0.388 e. The van der Waals surface area contributed by atoms with E-state index in [9.17, 15) is 5.11 Å². The molecule has 1 N–H and O–H groups in total. The smallest absolute Gasteiger partial charge is 0.0803 e. The van der Waals surface area contributed by atoms with E-state index in [1.165, 1.54) is 5.56 Å². The van der Waals surface area contributed by atoms with E-state index in [1.54, 1.807) is 0 Å². The van der Waals surface area contributed by atoms with Crippen LogP contribution >= 0.6 is 15.9 Å². The van der Waals surface area contributed by atoms with E-state index in [2.05, 4.69) is 28.9 Å². The van der Waals surface area contributed by atoms with Crippen molar-refractivity contribution in [3.8, 4) is 0 Å². The maximum absolute atomic E-state index is 10.3. The number of hydrogen-bond acceptors (Lipinski definition) is 2. The fraction of sp³-hybridized carbons (Fsp3) is 0.571. The van der Waals surface area contributed by atoms with Gasteiger partial charge in [-0.2, -0.15) is 0 Å². The van der Waals surface area contributed by atoms with Crippen molar-refractivity contribution in [1.29, 1.82) is 0 Å². The number of aliphatic hydroxyl groups is 1. The van der Waals surface area contributed by atoms with Gasteiger partial charge in [-0.25, -0.2) is 0 Å². The molecule has 1 fully saturated rings. The summed E-state index contributed by atoms with van der Waals surface area (Å²) in [7, 11) is 0. The van der Waals surface area contributed by atoms with E-state index in [4.69, 9.17) is 4.74 Å². The van der Waals surface area contributed by atoms with E-state index in [0.29, 0.717) is 5.92 Å². The van der Waals surface area contributed by atoms with Crippen molar-refractivity contribution in [2.75, 3.05) is 13.2 Å². The highest BCUT2D eigenvalue weighted by molar-refractivity contribution is 9.10. The molecule has 17 heavy (non-hydrogen) atoms. The number of ether oxygens (including phenoxy) is 1. The van der Waals surface area contributed by atoms with Crippen LogP contribution in [-0.2, 0) is 4.74 Å². The van der Waals surface area contributed by atoms with Crippen molar-refractivity contribution < 1.29 is 9.84 Å². The molecular formula is C14H19BrO2. The van der Waals surface area contributed by atoms with Crippen molar-refractivity contribution >= 4 is 15.9 Å². The van der Waals surface area contributed by atoms with Gasteiger partial charge in [0.2, 0.25) is 0 Å². The summed E-state index contributed by atoms with van der Waals surface area (Å²) >= 11 is 3.56. The highest BCUT2D eigenvalue weighted by Gasteiger charge is 2.20. The normalized spacial score (nSPS) is 19.2. The highest BCUT2D eigenvalue weighted by Crippen LogP contribution is 2.32. The molecule has 94 valence electrons. The van der Waals surface area contributed by atoms with E-state index in [-0.39, 0.29) is 6.10 Å². The number of rotatable bonds is 3. The first-order valence-corrected chi connectivity index (χ1v) is 6.98. The lowest BCUT2D eigenvalue weighted by molar-refractivity contribution is 0.0434. The Morgan fingerprint density at radius 1 is 1.41 bits per heavy atom. The molecule has 0 bridgehead atoms. The fourth-order valence-electron chi connectivity index (χ4n) is 2.35. The Hall–Kier alpha value is -0.380. The molecule has 1 aromatic rings. The van der Waals surface area contributed by atoms with Crippen LogP contribution in [-0.4, -0.2) is 18.3 Å². The van der Waals surface area contributed by atoms with Gasteiger partial charge in [-0.15, -0.1) is 0 Å². The van der Waals surface area contributed by atoms with Gasteiger partial charge in [-0.1, -0.05) is 34.1 Å². The second-order valence-corrected chi connectivity index (χ2v) is 5.58. The number of aliphatic hydroxyl groups excluding tert-OH is 1. The molecule has 1 heterocycles. The Morgan fingerprint density at radius 3 is 2.82 bits per heavy atom. The highest BCUT2D eigenvalue weighted by atomic mass is 79.9. The molecule has 1 atom stereocenters. The van der Waals surface area contributed by atoms with Crippen molar-refractivity contribution in [2.45, 2.75) is 32.3 Å². The van der Waals surface area contributed by atoms with Gasteiger partial charge in [-0.3, -0.25) is 0 Å². The second-order valence-electron chi connectivity index (χ2n) is 4.79. The lowest BCUT2D eigenvalue weighted by Gasteiger charge is -2.25. The maximum Gasteiger partial charge on any atom is 0.0803 e. The summed E-state index contributed by atoms with van der Waals surface area (Å²) in [5.41, 5.74) is 2.19. The number of aryl methyl sites for hydroxylation is 1.